The van der Waals surface area contributed by atoms with Crippen LogP contribution in [0.3, 0.4) is 0 Å². The van der Waals surface area contributed by atoms with Crippen LogP contribution in [0.4, 0.5) is 5.69 Å². The van der Waals surface area contributed by atoms with E-state index in [4.69, 9.17) is 11.6 Å². The highest BCUT2D eigenvalue weighted by molar-refractivity contribution is 6.31. The van der Waals surface area contributed by atoms with Gasteiger partial charge in [-0.15, -0.1) is 0 Å². The Kier molecular flexibility index (Phi) is 4.63. The number of aryl methyl sites for hydroxylation is 1. The van der Waals surface area contributed by atoms with Crippen LogP contribution in [-0.4, -0.2) is 10.8 Å². The van der Waals surface area contributed by atoms with Crippen molar-refractivity contribution in [2.75, 3.05) is 5.32 Å². The number of hydrogen-bond donors (Lipinski definition) is 1. The lowest BCUT2D eigenvalue weighted by Crippen LogP contribution is -2.32. The Balaban J connectivity index is 1.74. The van der Waals surface area contributed by atoms with E-state index in [-0.39, 0.29) is 12.1 Å². The predicted molar refractivity (Wildman–Crippen MR) is 110 cm³/mol. The van der Waals surface area contributed by atoms with Crippen LogP contribution in [0.15, 0.2) is 66.7 Å². The van der Waals surface area contributed by atoms with E-state index >= 15 is 0 Å². The molecular weight excluding hydrogens is 356 g/mol. The van der Waals surface area contributed by atoms with Crippen LogP contribution in [-0.2, 0) is 6.54 Å². The van der Waals surface area contributed by atoms with E-state index in [0.29, 0.717) is 11.6 Å². The fourth-order valence-electron chi connectivity index (χ4n) is 3.55. The number of hydrogen-bond acceptors (Lipinski definition) is 2. The van der Waals surface area contributed by atoms with Crippen LogP contribution >= 0.6 is 11.6 Å². The summed E-state index contributed by atoms with van der Waals surface area (Å²) in [6, 6.07) is 21.6. The standard InChI is InChI=1S/C23H21ClN2O/c1-15-8-7-13-21(16(15)2)25-22-18-10-4-5-11-19(18)23(27)26(22)14-17-9-3-6-12-20(17)24/h3-13,22,25H,14H2,1-2H3/t22-/m1/s1. The van der Waals surface area contributed by atoms with Crippen LogP contribution in [0.5, 0.6) is 0 Å². The number of benzene rings is 3. The van der Waals surface area contributed by atoms with Crippen molar-refractivity contribution >= 4 is 23.2 Å². The quantitative estimate of drug-likeness (QED) is 0.631. The van der Waals surface area contributed by atoms with Gasteiger partial charge in [-0.2, -0.15) is 0 Å². The first-order chi connectivity index (χ1) is 13.1. The highest BCUT2D eigenvalue weighted by atomic mass is 35.5. The van der Waals surface area contributed by atoms with Gasteiger partial charge in [-0.3, -0.25) is 4.79 Å². The third kappa shape index (κ3) is 3.19. The van der Waals surface area contributed by atoms with Crippen molar-refractivity contribution < 1.29 is 4.79 Å². The largest absolute Gasteiger partial charge is 0.361 e. The van der Waals surface area contributed by atoms with Crippen molar-refractivity contribution in [3.63, 3.8) is 0 Å². The molecule has 0 unspecified atom stereocenters. The minimum atomic E-state index is -0.231. The van der Waals surface area contributed by atoms with Gasteiger partial charge >= 0.3 is 0 Å². The van der Waals surface area contributed by atoms with Crippen LogP contribution in [0.1, 0.15) is 38.8 Å². The van der Waals surface area contributed by atoms with E-state index in [1.165, 1.54) is 11.1 Å². The highest BCUT2D eigenvalue weighted by Gasteiger charge is 2.36. The van der Waals surface area contributed by atoms with E-state index in [9.17, 15) is 4.79 Å². The minimum Gasteiger partial charge on any atom is -0.361 e. The van der Waals surface area contributed by atoms with Gasteiger partial charge in [0.1, 0.15) is 6.17 Å². The smallest absolute Gasteiger partial charge is 0.256 e. The monoisotopic (exact) mass is 376 g/mol. The number of carbonyl (C=O) groups is 1. The minimum absolute atomic E-state index is 0.0216. The van der Waals surface area contributed by atoms with Gasteiger partial charge in [-0.1, -0.05) is 60.1 Å². The summed E-state index contributed by atoms with van der Waals surface area (Å²) < 4.78 is 0. The van der Waals surface area contributed by atoms with E-state index in [1.807, 2.05) is 59.5 Å². The summed E-state index contributed by atoms with van der Waals surface area (Å²) in [7, 11) is 0. The predicted octanol–water partition coefficient (Wildman–Crippen LogP) is 5.72. The molecule has 3 aromatic rings. The summed E-state index contributed by atoms with van der Waals surface area (Å²) in [4.78, 5) is 15.0. The average molecular weight is 377 g/mol. The molecular formula is C23H21ClN2O. The van der Waals surface area contributed by atoms with Crippen molar-refractivity contribution in [1.29, 1.82) is 0 Å². The van der Waals surface area contributed by atoms with Crippen molar-refractivity contribution in [2.45, 2.75) is 26.6 Å². The molecule has 1 aliphatic rings. The van der Waals surface area contributed by atoms with Gasteiger partial charge in [0.05, 0.1) is 0 Å². The van der Waals surface area contributed by atoms with Crippen LogP contribution in [0.25, 0.3) is 0 Å². The first kappa shape index (κ1) is 17.6. The normalized spacial score (nSPS) is 15.7. The average Bonchev–Trinajstić information content (AvgIpc) is 2.93. The summed E-state index contributed by atoms with van der Waals surface area (Å²) in [5.74, 6) is 0.0216. The van der Waals surface area contributed by atoms with Gasteiger partial charge in [0.25, 0.3) is 5.91 Å². The molecule has 0 saturated heterocycles. The molecule has 3 aromatic carbocycles. The molecule has 0 fully saturated rings. The molecule has 27 heavy (non-hydrogen) atoms. The fourth-order valence-corrected chi connectivity index (χ4v) is 3.75. The topological polar surface area (TPSA) is 32.3 Å². The molecule has 0 radical (unpaired) electrons. The number of halogens is 1. The van der Waals surface area contributed by atoms with Gasteiger partial charge in [0.2, 0.25) is 0 Å². The number of rotatable bonds is 4. The van der Waals surface area contributed by atoms with Gasteiger partial charge in [0, 0.05) is 28.4 Å². The molecule has 3 nitrogen and oxygen atoms in total. The Morgan fingerprint density at radius 3 is 2.52 bits per heavy atom. The Bertz CT molecular complexity index is 1010. The number of nitrogens with one attached hydrogen (secondary N) is 1. The van der Waals surface area contributed by atoms with Gasteiger partial charge in [-0.25, -0.2) is 0 Å². The molecule has 0 bridgehead atoms. The van der Waals surface area contributed by atoms with Crippen molar-refractivity contribution in [1.82, 2.24) is 4.90 Å². The van der Waals surface area contributed by atoms with Crippen LogP contribution < -0.4 is 5.32 Å². The zero-order chi connectivity index (χ0) is 19.0. The maximum Gasteiger partial charge on any atom is 0.256 e. The second-order valence-corrected chi connectivity index (χ2v) is 7.31. The molecule has 0 saturated carbocycles. The molecule has 1 aliphatic heterocycles. The molecule has 1 amide bonds. The van der Waals surface area contributed by atoms with Gasteiger partial charge in [0.15, 0.2) is 0 Å². The molecule has 0 aliphatic carbocycles. The van der Waals surface area contributed by atoms with E-state index in [2.05, 4.69) is 31.3 Å². The summed E-state index contributed by atoms with van der Waals surface area (Å²) in [5.41, 5.74) is 6.12. The Morgan fingerprint density at radius 1 is 0.963 bits per heavy atom. The second kappa shape index (κ2) is 7.09. The van der Waals surface area contributed by atoms with Crippen molar-refractivity contribution in [2.24, 2.45) is 0 Å². The summed E-state index contributed by atoms with van der Waals surface area (Å²) in [6.45, 7) is 4.64. The molecule has 1 heterocycles. The molecule has 4 rings (SSSR count). The van der Waals surface area contributed by atoms with Crippen molar-refractivity contribution in [3.8, 4) is 0 Å². The molecule has 0 spiro atoms. The molecule has 4 heteroatoms. The Hall–Kier alpha value is -2.78. The number of carbonyl (C=O) groups excluding carboxylic acids is 1. The maximum absolute atomic E-state index is 13.1. The van der Waals surface area contributed by atoms with Crippen LogP contribution in [0, 0.1) is 13.8 Å². The lowest BCUT2D eigenvalue weighted by atomic mass is 10.1. The highest BCUT2D eigenvalue weighted by Crippen LogP contribution is 2.37. The number of nitrogens with zero attached hydrogens (tertiary/aromatic N) is 1. The summed E-state index contributed by atoms with van der Waals surface area (Å²) >= 11 is 6.36. The second-order valence-electron chi connectivity index (χ2n) is 6.91. The zero-order valence-corrected chi connectivity index (χ0v) is 16.1. The third-order valence-corrected chi connectivity index (χ3v) is 5.62. The van der Waals surface area contributed by atoms with Gasteiger partial charge in [-0.05, 0) is 48.7 Å². The first-order valence-electron chi connectivity index (χ1n) is 9.02. The van der Waals surface area contributed by atoms with E-state index < -0.39 is 0 Å². The number of amides is 1. The number of anilines is 1. The van der Waals surface area contributed by atoms with Gasteiger partial charge < -0.3 is 10.2 Å². The first-order valence-corrected chi connectivity index (χ1v) is 9.40. The zero-order valence-electron chi connectivity index (χ0n) is 15.4. The SMILES string of the molecule is Cc1cccc(N[C@H]2c3ccccc3C(=O)N2Cc2ccccc2Cl)c1C. The molecule has 0 aromatic heterocycles. The molecule has 136 valence electrons. The molecule has 1 atom stereocenters. The lowest BCUT2D eigenvalue weighted by Gasteiger charge is -2.28. The van der Waals surface area contributed by atoms with E-state index in [0.717, 1.165) is 22.4 Å². The summed E-state index contributed by atoms with van der Waals surface area (Å²) in [6.07, 6.45) is -0.231. The Morgan fingerprint density at radius 2 is 1.70 bits per heavy atom. The summed E-state index contributed by atoms with van der Waals surface area (Å²) in [5, 5.41) is 4.26. The number of fused-ring (bicyclic) bond motifs is 1. The van der Waals surface area contributed by atoms with Crippen molar-refractivity contribution in [3.05, 3.63) is 99.6 Å². The maximum atomic E-state index is 13.1. The lowest BCUT2D eigenvalue weighted by molar-refractivity contribution is 0.0729. The van der Waals surface area contributed by atoms with Crippen LogP contribution in [0.2, 0.25) is 5.02 Å². The molecule has 1 N–H and O–H groups in total. The third-order valence-electron chi connectivity index (χ3n) is 5.25. The Labute approximate surface area is 164 Å². The van der Waals surface area contributed by atoms with E-state index in [1.54, 1.807) is 0 Å². The fraction of sp³-hybridized carbons (Fsp3) is 0.174.